The van der Waals surface area contributed by atoms with E-state index in [2.05, 4.69) is 81.5 Å². The van der Waals surface area contributed by atoms with E-state index in [0.29, 0.717) is 19.3 Å². The van der Waals surface area contributed by atoms with Gasteiger partial charge < -0.3 is 14.2 Å². The Morgan fingerprint density at radius 3 is 0.827 bits per heavy atom. The minimum Gasteiger partial charge on any atom is -0.462 e. The number of carbonyl (C=O) groups is 3. The number of esters is 3. The fourth-order valence-corrected chi connectivity index (χ4v) is 9.61. The predicted octanol–water partition coefficient (Wildman–Crippen LogP) is 22.3. The summed E-state index contributed by atoms with van der Waals surface area (Å²) in [5.74, 6) is -0.866. The molecule has 1 unspecified atom stereocenters. The standard InChI is InChI=1S/C69H124O6/c1-4-7-10-13-16-19-21-23-25-27-28-29-30-31-32-33-34-35-36-37-38-39-40-41-42-43-45-46-48-50-53-56-59-62-68(71)74-65-66(64-73-67(70)61-58-55-52-18-15-12-9-6-3)75-69(72)63-60-57-54-51-49-47-44-26-24-22-20-17-14-11-8-5-2/h7,10,16,19,23,25-26,28-29,44,66H,4-6,8-9,11-15,17-18,20-22,24,27,30-43,45-65H2,1-3H3/b10-7-,19-16-,25-23-,29-28-,44-26-. The van der Waals surface area contributed by atoms with Crippen molar-refractivity contribution in [2.24, 2.45) is 0 Å². The van der Waals surface area contributed by atoms with Crippen LogP contribution in [0.2, 0.25) is 0 Å². The van der Waals surface area contributed by atoms with Crippen LogP contribution in [0.4, 0.5) is 0 Å². The smallest absolute Gasteiger partial charge is 0.306 e. The van der Waals surface area contributed by atoms with Gasteiger partial charge in [-0.15, -0.1) is 0 Å². The molecule has 0 rings (SSSR count). The average molecular weight is 1050 g/mol. The second-order valence-corrected chi connectivity index (χ2v) is 22.0. The van der Waals surface area contributed by atoms with E-state index in [1.807, 2.05) is 0 Å². The molecule has 0 aliphatic rings. The first-order chi connectivity index (χ1) is 37.0. The lowest BCUT2D eigenvalue weighted by atomic mass is 10.0. The Hall–Kier alpha value is -2.89. The van der Waals surface area contributed by atoms with Crippen molar-refractivity contribution < 1.29 is 28.6 Å². The summed E-state index contributed by atoms with van der Waals surface area (Å²) in [5.41, 5.74) is 0. The normalized spacial score (nSPS) is 12.4. The highest BCUT2D eigenvalue weighted by atomic mass is 16.6. The number of unbranched alkanes of at least 4 members (excludes halogenated alkanes) is 39. The van der Waals surface area contributed by atoms with Crippen LogP contribution in [0.15, 0.2) is 60.8 Å². The summed E-state index contributed by atoms with van der Waals surface area (Å²) in [5, 5.41) is 0. The SMILES string of the molecule is CC/C=C\C/C=C\C/C=C\C/C=C\CCCCCCCCCCCCCCCCCCCCCCC(=O)OCC(COC(=O)CCCCCCCCCC)OC(=O)CCCCCCC/C=C\CCCCCCCCC. The molecule has 0 saturated heterocycles. The van der Waals surface area contributed by atoms with Gasteiger partial charge in [0.05, 0.1) is 0 Å². The van der Waals surface area contributed by atoms with E-state index < -0.39 is 6.10 Å². The summed E-state index contributed by atoms with van der Waals surface area (Å²) in [6.07, 6.45) is 81.2. The lowest BCUT2D eigenvalue weighted by molar-refractivity contribution is -0.167. The Morgan fingerprint density at radius 1 is 0.280 bits per heavy atom. The Kier molecular flexibility index (Phi) is 61.2. The van der Waals surface area contributed by atoms with Gasteiger partial charge in [0.1, 0.15) is 13.2 Å². The third-order valence-electron chi connectivity index (χ3n) is 14.5. The zero-order valence-corrected chi connectivity index (χ0v) is 50.1. The van der Waals surface area contributed by atoms with Crippen molar-refractivity contribution in [3.05, 3.63) is 60.8 Å². The van der Waals surface area contributed by atoms with Crippen molar-refractivity contribution in [2.45, 2.75) is 348 Å². The van der Waals surface area contributed by atoms with Crippen molar-refractivity contribution in [3.63, 3.8) is 0 Å². The van der Waals surface area contributed by atoms with Gasteiger partial charge in [-0.3, -0.25) is 14.4 Å². The summed E-state index contributed by atoms with van der Waals surface area (Å²) in [7, 11) is 0. The van der Waals surface area contributed by atoms with Crippen LogP contribution in [0, 0.1) is 0 Å². The van der Waals surface area contributed by atoms with Gasteiger partial charge in [-0.05, 0) is 83.5 Å². The van der Waals surface area contributed by atoms with Crippen molar-refractivity contribution in [1.29, 1.82) is 0 Å². The summed E-state index contributed by atoms with van der Waals surface area (Å²) in [6.45, 7) is 6.53. The molecule has 0 bridgehead atoms. The largest absolute Gasteiger partial charge is 0.462 e. The monoisotopic (exact) mass is 1050 g/mol. The van der Waals surface area contributed by atoms with Crippen molar-refractivity contribution >= 4 is 17.9 Å². The molecule has 0 fully saturated rings. The van der Waals surface area contributed by atoms with Gasteiger partial charge in [-0.2, -0.15) is 0 Å². The average Bonchev–Trinajstić information content (AvgIpc) is 3.41. The maximum absolute atomic E-state index is 12.8. The highest BCUT2D eigenvalue weighted by Gasteiger charge is 2.19. The number of hydrogen-bond donors (Lipinski definition) is 0. The molecule has 0 radical (unpaired) electrons. The lowest BCUT2D eigenvalue weighted by Gasteiger charge is -2.18. The first kappa shape index (κ1) is 72.1. The molecule has 0 N–H and O–H groups in total. The van der Waals surface area contributed by atoms with E-state index >= 15 is 0 Å². The predicted molar refractivity (Wildman–Crippen MR) is 325 cm³/mol. The van der Waals surface area contributed by atoms with Crippen LogP contribution in [0.3, 0.4) is 0 Å². The number of allylic oxidation sites excluding steroid dienone is 10. The fourth-order valence-electron chi connectivity index (χ4n) is 9.61. The van der Waals surface area contributed by atoms with E-state index in [-0.39, 0.29) is 31.1 Å². The summed E-state index contributed by atoms with van der Waals surface area (Å²) in [4.78, 5) is 38.1. The van der Waals surface area contributed by atoms with E-state index in [4.69, 9.17) is 14.2 Å². The van der Waals surface area contributed by atoms with Crippen molar-refractivity contribution in [1.82, 2.24) is 0 Å². The van der Waals surface area contributed by atoms with Crippen molar-refractivity contribution in [2.75, 3.05) is 13.2 Å². The summed E-state index contributed by atoms with van der Waals surface area (Å²) in [6, 6.07) is 0. The van der Waals surface area contributed by atoms with Crippen LogP contribution in [-0.2, 0) is 28.6 Å². The third kappa shape index (κ3) is 61.8. The lowest BCUT2D eigenvalue weighted by Crippen LogP contribution is -2.30. The molecule has 0 aromatic carbocycles. The molecule has 0 spiro atoms. The Morgan fingerprint density at radius 2 is 0.520 bits per heavy atom. The topological polar surface area (TPSA) is 78.9 Å². The minimum absolute atomic E-state index is 0.0720. The van der Waals surface area contributed by atoms with Gasteiger partial charge in [0.25, 0.3) is 0 Å². The number of carbonyl (C=O) groups excluding carboxylic acids is 3. The first-order valence-electron chi connectivity index (χ1n) is 32.8. The molecule has 0 aliphatic heterocycles. The van der Waals surface area contributed by atoms with E-state index in [1.165, 1.54) is 212 Å². The molecule has 0 amide bonds. The van der Waals surface area contributed by atoms with Gasteiger partial charge in [0.2, 0.25) is 0 Å². The van der Waals surface area contributed by atoms with Gasteiger partial charge >= 0.3 is 17.9 Å². The van der Waals surface area contributed by atoms with Gasteiger partial charge in [0, 0.05) is 19.3 Å². The Balaban J connectivity index is 4.01. The molecule has 1 atom stereocenters. The molecule has 0 aromatic rings. The second-order valence-electron chi connectivity index (χ2n) is 22.0. The first-order valence-corrected chi connectivity index (χ1v) is 32.8. The molecular formula is C69H124O6. The van der Waals surface area contributed by atoms with Crippen molar-refractivity contribution in [3.8, 4) is 0 Å². The number of rotatable bonds is 60. The van der Waals surface area contributed by atoms with Crippen LogP contribution in [0.25, 0.3) is 0 Å². The maximum Gasteiger partial charge on any atom is 0.306 e. The quantitative estimate of drug-likeness (QED) is 0.0261. The van der Waals surface area contributed by atoms with E-state index in [0.717, 1.165) is 89.9 Å². The van der Waals surface area contributed by atoms with Gasteiger partial charge in [-0.25, -0.2) is 0 Å². The molecule has 6 nitrogen and oxygen atoms in total. The van der Waals surface area contributed by atoms with Crippen LogP contribution >= 0.6 is 0 Å². The highest BCUT2D eigenvalue weighted by molar-refractivity contribution is 5.71. The highest BCUT2D eigenvalue weighted by Crippen LogP contribution is 2.17. The molecule has 0 aliphatic carbocycles. The van der Waals surface area contributed by atoms with Gasteiger partial charge in [0.15, 0.2) is 6.10 Å². The third-order valence-corrected chi connectivity index (χ3v) is 14.5. The molecule has 0 saturated carbocycles. The van der Waals surface area contributed by atoms with Crippen LogP contribution < -0.4 is 0 Å². The van der Waals surface area contributed by atoms with E-state index in [9.17, 15) is 14.4 Å². The van der Waals surface area contributed by atoms with Crippen LogP contribution in [0.5, 0.6) is 0 Å². The molecular weight excluding hydrogens is 925 g/mol. The Bertz CT molecular complexity index is 1340. The zero-order valence-electron chi connectivity index (χ0n) is 50.1. The maximum atomic E-state index is 12.8. The van der Waals surface area contributed by atoms with E-state index in [1.54, 1.807) is 0 Å². The molecule has 0 heterocycles. The minimum atomic E-state index is -0.773. The fraction of sp³-hybridized carbons (Fsp3) is 0.812. The molecule has 6 heteroatoms. The molecule has 436 valence electrons. The summed E-state index contributed by atoms with van der Waals surface area (Å²) >= 11 is 0. The molecule has 0 aromatic heterocycles. The zero-order chi connectivity index (χ0) is 54.3. The number of hydrogen-bond acceptors (Lipinski definition) is 6. The van der Waals surface area contributed by atoms with Crippen LogP contribution in [-0.4, -0.2) is 37.2 Å². The number of ether oxygens (including phenoxy) is 3. The second kappa shape index (κ2) is 63.6. The van der Waals surface area contributed by atoms with Gasteiger partial charge in [-0.1, -0.05) is 300 Å². The summed E-state index contributed by atoms with van der Waals surface area (Å²) < 4.78 is 16.9. The molecule has 75 heavy (non-hydrogen) atoms. The Labute approximate surface area is 466 Å². The van der Waals surface area contributed by atoms with Crippen LogP contribution in [0.1, 0.15) is 342 Å².